The lowest BCUT2D eigenvalue weighted by Crippen LogP contribution is -2.27. The Morgan fingerprint density at radius 1 is 1.22 bits per heavy atom. The van der Waals surface area contributed by atoms with Gasteiger partial charge in [0.05, 0.1) is 12.8 Å². The Bertz CT molecular complexity index is 410. The van der Waals surface area contributed by atoms with Crippen LogP contribution in [0.1, 0.15) is 37.3 Å². The van der Waals surface area contributed by atoms with Crippen LogP contribution in [0.25, 0.3) is 0 Å². The van der Waals surface area contributed by atoms with Crippen molar-refractivity contribution in [3.05, 3.63) is 35.4 Å². The number of carboxylic acids is 1. The van der Waals surface area contributed by atoms with Gasteiger partial charge in [-0.3, -0.25) is 9.59 Å². The molecule has 18 heavy (non-hydrogen) atoms. The maximum absolute atomic E-state index is 11.5. The monoisotopic (exact) mass is 249 g/mol. The van der Waals surface area contributed by atoms with Crippen LogP contribution in [0.5, 0.6) is 0 Å². The molecule has 0 saturated carbocycles. The second kappa shape index (κ2) is 6.79. The van der Waals surface area contributed by atoms with Crippen molar-refractivity contribution >= 4 is 11.9 Å². The first-order valence-electron chi connectivity index (χ1n) is 6.06. The van der Waals surface area contributed by atoms with E-state index in [9.17, 15) is 9.59 Å². The highest BCUT2D eigenvalue weighted by Crippen LogP contribution is 2.14. The van der Waals surface area contributed by atoms with Crippen LogP contribution in [0.3, 0.4) is 0 Å². The Balaban J connectivity index is 2.42. The van der Waals surface area contributed by atoms with Crippen LogP contribution in [0.4, 0.5) is 0 Å². The maximum atomic E-state index is 11.5. The average molecular weight is 249 g/mol. The van der Waals surface area contributed by atoms with Gasteiger partial charge in [-0.25, -0.2) is 0 Å². The fraction of sp³-hybridized carbons (Fsp3) is 0.429. The van der Waals surface area contributed by atoms with Crippen LogP contribution < -0.4 is 5.32 Å². The molecule has 4 heteroatoms. The molecule has 0 radical (unpaired) electrons. The Morgan fingerprint density at radius 3 is 2.33 bits per heavy atom. The van der Waals surface area contributed by atoms with Crippen molar-refractivity contribution in [2.75, 3.05) is 6.54 Å². The molecule has 0 aliphatic heterocycles. The molecule has 4 nitrogen and oxygen atoms in total. The molecule has 1 amide bonds. The summed E-state index contributed by atoms with van der Waals surface area (Å²) in [5.74, 6) is -0.575. The van der Waals surface area contributed by atoms with Gasteiger partial charge < -0.3 is 10.4 Å². The molecule has 0 heterocycles. The summed E-state index contributed by atoms with van der Waals surface area (Å²) in [7, 11) is 0. The van der Waals surface area contributed by atoms with Crippen LogP contribution in [-0.4, -0.2) is 23.5 Å². The first kappa shape index (κ1) is 14.2. The highest BCUT2D eigenvalue weighted by Gasteiger charge is 2.05. The SMILES string of the molecule is CC(C)c1ccc(CC(=O)NCCC(=O)O)cc1. The van der Waals surface area contributed by atoms with Crippen molar-refractivity contribution in [2.24, 2.45) is 0 Å². The molecule has 1 rings (SSSR count). The van der Waals surface area contributed by atoms with Gasteiger partial charge in [0.25, 0.3) is 0 Å². The minimum absolute atomic E-state index is 0.0436. The van der Waals surface area contributed by atoms with Crippen LogP contribution >= 0.6 is 0 Å². The predicted octanol–water partition coefficient (Wildman–Crippen LogP) is 1.94. The number of nitrogens with one attached hydrogen (secondary N) is 1. The van der Waals surface area contributed by atoms with Gasteiger partial charge in [-0.05, 0) is 17.0 Å². The fourth-order valence-corrected chi connectivity index (χ4v) is 1.58. The largest absolute Gasteiger partial charge is 0.481 e. The highest BCUT2D eigenvalue weighted by molar-refractivity contribution is 5.79. The molecule has 0 aliphatic rings. The van der Waals surface area contributed by atoms with Crippen LogP contribution in [0.2, 0.25) is 0 Å². The third-order valence-corrected chi connectivity index (χ3v) is 2.67. The topological polar surface area (TPSA) is 66.4 Å². The summed E-state index contributed by atoms with van der Waals surface area (Å²) in [6, 6.07) is 7.91. The number of amides is 1. The predicted molar refractivity (Wildman–Crippen MR) is 69.5 cm³/mol. The third-order valence-electron chi connectivity index (χ3n) is 2.67. The lowest BCUT2D eigenvalue weighted by Gasteiger charge is -2.07. The van der Waals surface area contributed by atoms with Gasteiger partial charge in [-0.15, -0.1) is 0 Å². The molecule has 0 fully saturated rings. The lowest BCUT2D eigenvalue weighted by atomic mass is 10.0. The summed E-state index contributed by atoms with van der Waals surface area (Å²) < 4.78 is 0. The Morgan fingerprint density at radius 2 is 1.83 bits per heavy atom. The van der Waals surface area contributed by atoms with Crippen LogP contribution in [-0.2, 0) is 16.0 Å². The molecule has 0 aromatic heterocycles. The summed E-state index contributed by atoms with van der Waals surface area (Å²) in [6.45, 7) is 4.42. The van der Waals surface area contributed by atoms with Crippen LogP contribution in [0.15, 0.2) is 24.3 Å². The number of carbonyl (C=O) groups is 2. The summed E-state index contributed by atoms with van der Waals surface area (Å²) in [4.78, 5) is 21.8. The number of hydrogen-bond donors (Lipinski definition) is 2. The zero-order chi connectivity index (χ0) is 13.5. The van der Waals surface area contributed by atoms with Crippen molar-refractivity contribution in [1.82, 2.24) is 5.32 Å². The van der Waals surface area contributed by atoms with E-state index in [-0.39, 0.29) is 25.3 Å². The molecule has 0 atom stereocenters. The summed E-state index contributed by atoms with van der Waals surface area (Å²) >= 11 is 0. The second-order valence-electron chi connectivity index (χ2n) is 4.57. The van der Waals surface area contributed by atoms with Gasteiger partial charge in [0, 0.05) is 6.54 Å². The molecule has 0 aliphatic carbocycles. The molecule has 0 unspecified atom stereocenters. The van der Waals surface area contributed by atoms with E-state index in [0.717, 1.165) is 5.56 Å². The number of carboxylic acid groups (broad SMARTS) is 1. The Hall–Kier alpha value is -1.84. The fourth-order valence-electron chi connectivity index (χ4n) is 1.58. The van der Waals surface area contributed by atoms with Gasteiger partial charge in [-0.2, -0.15) is 0 Å². The normalized spacial score (nSPS) is 10.4. The van der Waals surface area contributed by atoms with E-state index in [0.29, 0.717) is 5.92 Å². The number of carbonyl (C=O) groups excluding carboxylic acids is 1. The molecule has 0 saturated heterocycles. The van der Waals surface area contributed by atoms with E-state index < -0.39 is 5.97 Å². The molecule has 98 valence electrons. The van der Waals surface area contributed by atoms with E-state index in [1.165, 1.54) is 5.56 Å². The molecule has 2 N–H and O–H groups in total. The van der Waals surface area contributed by atoms with Crippen molar-refractivity contribution in [2.45, 2.75) is 32.6 Å². The van der Waals surface area contributed by atoms with Crippen LogP contribution in [0, 0.1) is 0 Å². The first-order chi connectivity index (χ1) is 8.49. The lowest BCUT2D eigenvalue weighted by molar-refractivity contribution is -0.136. The second-order valence-corrected chi connectivity index (χ2v) is 4.57. The highest BCUT2D eigenvalue weighted by atomic mass is 16.4. The van der Waals surface area contributed by atoms with Crippen molar-refractivity contribution in [3.8, 4) is 0 Å². The number of aliphatic carboxylic acids is 1. The standard InChI is InChI=1S/C14H19NO3/c1-10(2)12-5-3-11(4-6-12)9-13(16)15-8-7-14(17)18/h3-6,10H,7-9H2,1-2H3,(H,15,16)(H,17,18). The molecule has 0 spiro atoms. The minimum atomic E-state index is -0.906. The van der Waals surface area contributed by atoms with Gasteiger partial charge >= 0.3 is 5.97 Å². The van der Waals surface area contributed by atoms with Gasteiger partial charge in [-0.1, -0.05) is 38.1 Å². The van der Waals surface area contributed by atoms with Crippen molar-refractivity contribution < 1.29 is 14.7 Å². The van der Waals surface area contributed by atoms with Crippen molar-refractivity contribution in [3.63, 3.8) is 0 Å². The maximum Gasteiger partial charge on any atom is 0.305 e. The van der Waals surface area contributed by atoms with Gasteiger partial charge in [0.1, 0.15) is 0 Å². The van der Waals surface area contributed by atoms with E-state index in [4.69, 9.17) is 5.11 Å². The Labute approximate surface area is 107 Å². The van der Waals surface area contributed by atoms with Gasteiger partial charge in [0.15, 0.2) is 0 Å². The molecular weight excluding hydrogens is 230 g/mol. The number of rotatable bonds is 6. The third kappa shape index (κ3) is 4.99. The summed E-state index contributed by atoms with van der Waals surface area (Å²) in [5.41, 5.74) is 2.18. The van der Waals surface area contributed by atoms with E-state index in [1.807, 2.05) is 24.3 Å². The summed E-state index contributed by atoms with van der Waals surface area (Å²) in [5, 5.41) is 11.0. The molecular formula is C14H19NO3. The van der Waals surface area contributed by atoms with Gasteiger partial charge in [0.2, 0.25) is 5.91 Å². The number of benzene rings is 1. The Kier molecular flexibility index (Phi) is 5.36. The quantitative estimate of drug-likeness (QED) is 0.809. The minimum Gasteiger partial charge on any atom is -0.481 e. The average Bonchev–Trinajstić information content (AvgIpc) is 2.29. The smallest absolute Gasteiger partial charge is 0.305 e. The summed E-state index contributed by atoms with van der Waals surface area (Å²) in [6.07, 6.45) is 0.246. The van der Waals surface area contributed by atoms with E-state index in [2.05, 4.69) is 19.2 Å². The number of hydrogen-bond acceptors (Lipinski definition) is 2. The zero-order valence-corrected chi connectivity index (χ0v) is 10.8. The molecule has 0 bridgehead atoms. The van der Waals surface area contributed by atoms with Crippen molar-refractivity contribution in [1.29, 1.82) is 0 Å². The van der Waals surface area contributed by atoms with E-state index >= 15 is 0 Å². The molecule has 1 aromatic carbocycles. The first-order valence-corrected chi connectivity index (χ1v) is 6.06. The molecule has 1 aromatic rings. The van der Waals surface area contributed by atoms with E-state index in [1.54, 1.807) is 0 Å². The zero-order valence-electron chi connectivity index (χ0n) is 10.8.